The lowest BCUT2D eigenvalue weighted by atomic mass is 10.4. The molecule has 0 aromatic carbocycles. The van der Waals surface area contributed by atoms with E-state index in [1.807, 2.05) is 17.7 Å². The Balaban J connectivity index is 0.000000272. The van der Waals surface area contributed by atoms with E-state index < -0.39 is 0 Å². The Hall–Kier alpha value is -2.97. The molecule has 9 heteroatoms. The molecule has 0 unspecified atom stereocenters. The Morgan fingerprint density at radius 2 is 1.90 bits per heavy atom. The molecule has 9 nitrogen and oxygen atoms in total. The van der Waals surface area contributed by atoms with Crippen LogP contribution in [0.15, 0.2) is 31.1 Å². The number of nitrogen functional groups attached to an aromatic ring is 2. The van der Waals surface area contributed by atoms with Crippen molar-refractivity contribution < 1.29 is 0 Å². The van der Waals surface area contributed by atoms with Gasteiger partial charge in [-0.05, 0) is 6.92 Å². The molecule has 3 aromatic heterocycles. The number of aromatic nitrogens is 7. The molecule has 3 heterocycles. The summed E-state index contributed by atoms with van der Waals surface area (Å²) in [6, 6.07) is 0. The zero-order valence-corrected chi connectivity index (χ0v) is 11.6. The second kappa shape index (κ2) is 6.98. The number of nitrogens with zero attached hydrogens (tertiary/aromatic N) is 6. The quantitative estimate of drug-likeness (QED) is 0.625. The van der Waals surface area contributed by atoms with Crippen LogP contribution < -0.4 is 11.5 Å². The summed E-state index contributed by atoms with van der Waals surface area (Å²) in [4.78, 5) is 22.3. The first-order chi connectivity index (χ1) is 10.1. The monoisotopic (exact) mass is 287 g/mol. The van der Waals surface area contributed by atoms with E-state index in [1.54, 1.807) is 24.9 Å². The Bertz CT molecular complexity index is 622. The number of hydrogen-bond acceptors (Lipinski definition) is 7. The van der Waals surface area contributed by atoms with Crippen LogP contribution in [0.2, 0.25) is 0 Å². The molecule has 0 atom stereocenters. The normalized spacial score (nSPS) is 9.95. The molecule has 0 aliphatic heterocycles. The van der Waals surface area contributed by atoms with Gasteiger partial charge in [0.05, 0.1) is 6.33 Å². The summed E-state index contributed by atoms with van der Waals surface area (Å²) in [6.07, 6.45) is 9.39. The predicted octanol–water partition coefficient (Wildman–Crippen LogP) is 0.193. The lowest BCUT2D eigenvalue weighted by Crippen LogP contribution is -2.10. The summed E-state index contributed by atoms with van der Waals surface area (Å²) < 4.78 is 2.01. The molecular weight excluding hydrogens is 270 g/mol. The van der Waals surface area contributed by atoms with Crippen molar-refractivity contribution in [2.24, 2.45) is 0 Å². The highest BCUT2D eigenvalue weighted by Crippen LogP contribution is 2.02. The van der Waals surface area contributed by atoms with Crippen molar-refractivity contribution in [1.29, 1.82) is 0 Å². The van der Waals surface area contributed by atoms with Crippen LogP contribution in [0.1, 0.15) is 11.6 Å². The smallest absolute Gasteiger partial charge is 0.225 e. The number of rotatable bonds is 3. The summed E-state index contributed by atoms with van der Waals surface area (Å²) in [5.74, 6) is 1.86. The lowest BCUT2D eigenvalue weighted by molar-refractivity contribution is 0.651. The van der Waals surface area contributed by atoms with Gasteiger partial charge >= 0.3 is 0 Å². The van der Waals surface area contributed by atoms with Crippen LogP contribution in [-0.2, 0) is 13.0 Å². The number of aryl methyl sites for hydroxylation is 3. The van der Waals surface area contributed by atoms with Crippen molar-refractivity contribution in [3.05, 3.63) is 42.8 Å². The highest BCUT2D eigenvalue weighted by Gasteiger charge is 2.03. The minimum atomic E-state index is 0.157. The van der Waals surface area contributed by atoms with Crippen molar-refractivity contribution in [1.82, 2.24) is 34.5 Å². The maximum Gasteiger partial charge on any atom is 0.225 e. The highest BCUT2D eigenvalue weighted by atomic mass is 15.1. The van der Waals surface area contributed by atoms with Crippen molar-refractivity contribution in [2.75, 3.05) is 11.5 Å². The third-order valence-corrected chi connectivity index (χ3v) is 2.62. The molecule has 0 radical (unpaired) electrons. The molecule has 0 saturated heterocycles. The van der Waals surface area contributed by atoms with Gasteiger partial charge in [0.1, 0.15) is 11.6 Å². The van der Waals surface area contributed by atoms with E-state index in [2.05, 4.69) is 29.9 Å². The minimum absolute atomic E-state index is 0.157. The third kappa shape index (κ3) is 4.56. The van der Waals surface area contributed by atoms with Gasteiger partial charge in [0, 0.05) is 37.8 Å². The molecule has 110 valence electrons. The van der Waals surface area contributed by atoms with Gasteiger partial charge in [-0.2, -0.15) is 15.0 Å². The number of nitrogens with two attached hydrogens (primary N) is 2. The van der Waals surface area contributed by atoms with E-state index >= 15 is 0 Å². The minimum Gasteiger partial charge on any atom is -0.368 e. The van der Waals surface area contributed by atoms with Crippen LogP contribution in [0.3, 0.4) is 0 Å². The SMILES string of the molecule is Cc1nccn1CCc1nc(N)nc(N)n1.c1c[nH]cn1. The molecule has 0 aliphatic rings. The Labute approximate surface area is 121 Å². The highest BCUT2D eigenvalue weighted by molar-refractivity contribution is 5.25. The molecule has 3 rings (SSSR count). The molecule has 0 spiro atoms. The van der Waals surface area contributed by atoms with Crippen LogP contribution >= 0.6 is 0 Å². The number of nitrogens with one attached hydrogen (secondary N) is 1. The van der Waals surface area contributed by atoms with Crippen molar-refractivity contribution in [3.8, 4) is 0 Å². The fraction of sp³-hybridized carbons (Fsp3) is 0.250. The van der Waals surface area contributed by atoms with E-state index in [0.717, 1.165) is 12.4 Å². The molecule has 3 aromatic rings. The number of aromatic amines is 1. The van der Waals surface area contributed by atoms with Crippen molar-refractivity contribution in [2.45, 2.75) is 19.9 Å². The zero-order valence-electron chi connectivity index (χ0n) is 11.6. The van der Waals surface area contributed by atoms with E-state index in [1.165, 1.54) is 0 Å². The number of anilines is 2. The van der Waals surface area contributed by atoms with Gasteiger partial charge in [0.15, 0.2) is 0 Å². The fourth-order valence-electron chi connectivity index (χ4n) is 1.64. The Morgan fingerprint density at radius 1 is 1.14 bits per heavy atom. The zero-order chi connectivity index (χ0) is 15.1. The van der Waals surface area contributed by atoms with Crippen molar-refractivity contribution in [3.63, 3.8) is 0 Å². The number of H-pyrrole nitrogens is 1. The second-order valence-corrected chi connectivity index (χ2v) is 4.15. The average Bonchev–Trinajstić information content (AvgIpc) is 3.10. The Morgan fingerprint density at radius 3 is 2.38 bits per heavy atom. The van der Waals surface area contributed by atoms with Gasteiger partial charge in [-0.25, -0.2) is 9.97 Å². The molecule has 0 fully saturated rings. The summed E-state index contributed by atoms with van der Waals surface area (Å²) in [5, 5.41) is 0. The topological polar surface area (TPSA) is 137 Å². The standard InChI is InChI=1S/C9H13N7.C3H4N2/c1-6-12-3-5-16(6)4-2-7-13-8(10)15-9(11)14-7;1-2-5-3-4-1/h3,5H,2,4H2,1H3,(H4,10,11,13,14,15);1-3H,(H,4,5). The van der Waals surface area contributed by atoms with Gasteiger partial charge in [0.25, 0.3) is 0 Å². The van der Waals surface area contributed by atoms with E-state index in [0.29, 0.717) is 12.2 Å². The summed E-state index contributed by atoms with van der Waals surface area (Å²) in [5.41, 5.74) is 11.0. The van der Waals surface area contributed by atoms with E-state index in [-0.39, 0.29) is 11.9 Å². The summed E-state index contributed by atoms with van der Waals surface area (Å²) >= 11 is 0. The van der Waals surface area contributed by atoms with Crippen LogP contribution in [0, 0.1) is 6.92 Å². The molecule has 0 saturated carbocycles. The van der Waals surface area contributed by atoms with Gasteiger partial charge in [-0.3, -0.25) is 0 Å². The van der Waals surface area contributed by atoms with E-state index in [4.69, 9.17) is 11.5 Å². The molecule has 0 aliphatic carbocycles. The molecule has 0 bridgehead atoms. The van der Waals surface area contributed by atoms with E-state index in [9.17, 15) is 0 Å². The molecular formula is C12H17N9. The maximum atomic E-state index is 5.48. The number of imidazole rings is 2. The third-order valence-electron chi connectivity index (χ3n) is 2.62. The second-order valence-electron chi connectivity index (χ2n) is 4.15. The predicted molar refractivity (Wildman–Crippen MR) is 77.9 cm³/mol. The molecule has 5 N–H and O–H groups in total. The van der Waals surface area contributed by atoms with Crippen LogP contribution in [0.4, 0.5) is 11.9 Å². The van der Waals surface area contributed by atoms with Gasteiger partial charge in [0.2, 0.25) is 11.9 Å². The average molecular weight is 287 g/mol. The maximum absolute atomic E-state index is 5.48. The summed E-state index contributed by atoms with van der Waals surface area (Å²) in [6.45, 7) is 2.69. The summed E-state index contributed by atoms with van der Waals surface area (Å²) in [7, 11) is 0. The largest absolute Gasteiger partial charge is 0.368 e. The first kappa shape index (κ1) is 14.4. The molecule has 21 heavy (non-hydrogen) atoms. The Kier molecular flexibility index (Phi) is 4.80. The number of hydrogen-bond donors (Lipinski definition) is 3. The van der Waals surface area contributed by atoms with Crippen LogP contribution in [0.5, 0.6) is 0 Å². The van der Waals surface area contributed by atoms with Crippen LogP contribution in [-0.4, -0.2) is 34.5 Å². The first-order valence-corrected chi connectivity index (χ1v) is 6.31. The van der Waals surface area contributed by atoms with Gasteiger partial charge in [-0.15, -0.1) is 0 Å². The lowest BCUT2D eigenvalue weighted by Gasteiger charge is -2.04. The first-order valence-electron chi connectivity index (χ1n) is 6.31. The van der Waals surface area contributed by atoms with Gasteiger partial charge < -0.3 is 21.0 Å². The fourth-order valence-corrected chi connectivity index (χ4v) is 1.64. The molecule has 0 amide bonds. The van der Waals surface area contributed by atoms with Crippen molar-refractivity contribution >= 4 is 11.9 Å². The van der Waals surface area contributed by atoms with Gasteiger partial charge in [-0.1, -0.05) is 0 Å². The van der Waals surface area contributed by atoms with Crippen LogP contribution in [0.25, 0.3) is 0 Å².